The van der Waals surface area contributed by atoms with Crippen molar-refractivity contribution in [1.82, 2.24) is 0 Å². The third-order valence-electron chi connectivity index (χ3n) is 5.34. The second-order valence-electron chi connectivity index (χ2n) is 7.02. The van der Waals surface area contributed by atoms with Crippen molar-refractivity contribution in [2.24, 2.45) is 10.7 Å². The molecule has 0 saturated heterocycles. The molecule has 148 valence electrons. The molecule has 3 aromatic rings. The average molecular weight is 389 g/mol. The molecule has 0 fully saturated rings. The van der Waals surface area contributed by atoms with Crippen LogP contribution >= 0.6 is 0 Å². The number of likely N-dealkylation sites (N-methyl/N-ethyl adjacent to an activating group) is 1. The number of benzodiazepines with no additional fused rings is 1. The maximum absolute atomic E-state index is 12.8. The molecule has 0 saturated carbocycles. The maximum Gasteiger partial charge on any atom is 0.184 e. The summed E-state index contributed by atoms with van der Waals surface area (Å²) in [6.07, 6.45) is 2.90. The van der Waals surface area contributed by atoms with E-state index >= 15 is 0 Å². The number of nitrogens with two attached hydrogens (primary N) is 1. The Kier molecular flexibility index (Phi) is 5.18. The van der Waals surface area contributed by atoms with Gasteiger partial charge in [-0.05, 0) is 24.3 Å². The van der Waals surface area contributed by atoms with Crippen molar-refractivity contribution >= 4 is 17.2 Å². The lowest BCUT2D eigenvalue weighted by atomic mass is 9.98. The van der Waals surface area contributed by atoms with Crippen molar-refractivity contribution in [2.75, 3.05) is 25.6 Å². The standard InChI is InChI=1S/C23H23N3O3/c1-26-19-9-8-17(28-2)12-18(19)22(15-6-4-3-5-7-15)25-13-20(26)21(24)23(27)16-10-11-29-14-16/h3-12,14,20-21H,13,24H2,1-2H3. The van der Waals surface area contributed by atoms with Crippen LogP contribution < -0.4 is 15.4 Å². The fourth-order valence-corrected chi connectivity index (χ4v) is 3.68. The van der Waals surface area contributed by atoms with E-state index in [9.17, 15) is 4.79 Å². The minimum Gasteiger partial charge on any atom is -0.497 e. The highest BCUT2D eigenvalue weighted by Crippen LogP contribution is 2.32. The van der Waals surface area contributed by atoms with Gasteiger partial charge in [0.05, 0.1) is 43.3 Å². The molecule has 2 aromatic carbocycles. The SMILES string of the molecule is COc1ccc2c(c1)C(c1ccccc1)=NCC(C(N)C(=O)c1ccoc1)N2C. The number of hydrogen-bond donors (Lipinski definition) is 1. The molecule has 0 amide bonds. The minimum absolute atomic E-state index is 0.163. The summed E-state index contributed by atoms with van der Waals surface area (Å²) in [5.74, 6) is 0.585. The van der Waals surface area contributed by atoms with Crippen LogP contribution in [0.25, 0.3) is 0 Å². The fourth-order valence-electron chi connectivity index (χ4n) is 3.68. The third-order valence-corrected chi connectivity index (χ3v) is 5.34. The highest BCUT2D eigenvalue weighted by Gasteiger charge is 2.33. The van der Waals surface area contributed by atoms with E-state index in [2.05, 4.69) is 0 Å². The van der Waals surface area contributed by atoms with Crippen LogP contribution in [0.2, 0.25) is 0 Å². The zero-order chi connectivity index (χ0) is 20.4. The van der Waals surface area contributed by atoms with Crippen LogP contribution in [0.15, 0.2) is 76.5 Å². The number of anilines is 1. The molecule has 1 aromatic heterocycles. The van der Waals surface area contributed by atoms with Gasteiger partial charge in [0, 0.05) is 23.9 Å². The second-order valence-corrected chi connectivity index (χ2v) is 7.02. The number of carbonyl (C=O) groups excluding carboxylic acids is 1. The van der Waals surface area contributed by atoms with Crippen molar-refractivity contribution in [3.05, 3.63) is 83.8 Å². The molecular formula is C23H23N3O3. The van der Waals surface area contributed by atoms with Gasteiger partial charge in [0.25, 0.3) is 0 Å². The monoisotopic (exact) mass is 389 g/mol. The first kappa shape index (κ1) is 19.0. The zero-order valence-corrected chi connectivity index (χ0v) is 16.4. The summed E-state index contributed by atoms with van der Waals surface area (Å²) in [6, 6.07) is 16.5. The number of benzene rings is 2. The lowest BCUT2D eigenvalue weighted by Crippen LogP contribution is -2.52. The molecule has 29 heavy (non-hydrogen) atoms. The van der Waals surface area contributed by atoms with E-state index in [1.807, 2.05) is 60.5 Å². The summed E-state index contributed by atoms with van der Waals surface area (Å²) in [5.41, 5.74) is 10.6. The summed E-state index contributed by atoms with van der Waals surface area (Å²) >= 11 is 0. The summed E-state index contributed by atoms with van der Waals surface area (Å²) < 4.78 is 10.5. The van der Waals surface area contributed by atoms with Crippen LogP contribution in [0, 0.1) is 0 Å². The van der Waals surface area contributed by atoms with Crippen molar-refractivity contribution in [2.45, 2.75) is 12.1 Å². The zero-order valence-electron chi connectivity index (χ0n) is 16.4. The van der Waals surface area contributed by atoms with E-state index in [-0.39, 0.29) is 11.8 Å². The number of carbonyl (C=O) groups is 1. The van der Waals surface area contributed by atoms with E-state index in [0.717, 1.165) is 28.3 Å². The van der Waals surface area contributed by atoms with Crippen molar-refractivity contribution in [1.29, 1.82) is 0 Å². The van der Waals surface area contributed by atoms with E-state index < -0.39 is 6.04 Å². The van der Waals surface area contributed by atoms with E-state index in [4.69, 9.17) is 19.9 Å². The number of methoxy groups -OCH3 is 1. The van der Waals surface area contributed by atoms with Crippen LogP contribution in [0.1, 0.15) is 21.5 Å². The average Bonchev–Trinajstić information content (AvgIpc) is 3.26. The second kappa shape index (κ2) is 7.93. The van der Waals surface area contributed by atoms with Gasteiger partial charge in [-0.25, -0.2) is 0 Å². The molecule has 2 N–H and O–H groups in total. The highest BCUT2D eigenvalue weighted by atomic mass is 16.5. The molecule has 2 unspecified atom stereocenters. The van der Waals surface area contributed by atoms with Gasteiger partial charge in [-0.3, -0.25) is 9.79 Å². The summed E-state index contributed by atoms with van der Waals surface area (Å²) in [7, 11) is 3.59. The van der Waals surface area contributed by atoms with Gasteiger partial charge >= 0.3 is 0 Å². The molecular weight excluding hydrogens is 366 g/mol. The van der Waals surface area contributed by atoms with Crippen LogP contribution in [-0.4, -0.2) is 44.3 Å². The molecule has 0 spiro atoms. The number of Topliss-reactive ketones (excluding diaryl/α,β-unsaturated/α-hetero) is 1. The van der Waals surface area contributed by atoms with Gasteiger partial charge in [0.2, 0.25) is 0 Å². The predicted octanol–water partition coefficient (Wildman–Crippen LogP) is 3.15. The molecule has 0 aliphatic carbocycles. The van der Waals surface area contributed by atoms with Gasteiger partial charge in [0.15, 0.2) is 5.78 Å². The molecule has 0 bridgehead atoms. The topological polar surface area (TPSA) is 81.1 Å². The Balaban J connectivity index is 1.78. The van der Waals surface area contributed by atoms with Crippen molar-refractivity contribution in [3.63, 3.8) is 0 Å². The number of ketones is 1. The lowest BCUT2D eigenvalue weighted by Gasteiger charge is -2.32. The Morgan fingerprint density at radius 2 is 2.03 bits per heavy atom. The van der Waals surface area contributed by atoms with Gasteiger partial charge in [0.1, 0.15) is 12.0 Å². The summed E-state index contributed by atoms with van der Waals surface area (Å²) in [6.45, 7) is 0.391. The summed E-state index contributed by atoms with van der Waals surface area (Å²) in [5, 5.41) is 0. The number of hydrogen-bond acceptors (Lipinski definition) is 6. The predicted molar refractivity (Wildman–Crippen MR) is 113 cm³/mol. The number of nitrogens with zero attached hydrogens (tertiary/aromatic N) is 2. The molecule has 6 heteroatoms. The van der Waals surface area contributed by atoms with Crippen molar-refractivity contribution < 1.29 is 13.9 Å². The normalized spacial score (nSPS) is 17.1. The molecule has 4 rings (SSSR count). The quantitative estimate of drug-likeness (QED) is 0.678. The number of furan rings is 1. The first-order chi connectivity index (χ1) is 14.1. The van der Waals surface area contributed by atoms with E-state index in [0.29, 0.717) is 12.1 Å². The number of fused-ring (bicyclic) bond motifs is 1. The summed E-state index contributed by atoms with van der Waals surface area (Å²) in [4.78, 5) is 19.8. The molecule has 2 heterocycles. The molecule has 1 aliphatic heterocycles. The largest absolute Gasteiger partial charge is 0.497 e. The highest BCUT2D eigenvalue weighted by molar-refractivity contribution is 6.16. The van der Waals surface area contributed by atoms with Gasteiger partial charge in [-0.15, -0.1) is 0 Å². The van der Waals surface area contributed by atoms with E-state index in [1.54, 1.807) is 13.2 Å². The molecule has 2 atom stereocenters. The fraction of sp³-hybridized carbons (Fsp3) is 0.217. The number of aliphatic imine (C=N–C) groups is 1. The maximum atomic E-state index is 12.8. The Morgan fingerprint density at radius 1 is 1.24 bits per heavy atom. The molecule has 0 radical (unpaired) electrons. The van der Waals surface area contributed by atoms with Crippen LogP contribution in [0.5, 0.6) is 5.75 Å². The Hall–Kier alpha value is -3.38. The van der Waals surface area contributed by atoms with Crippen LogP contribution in [0.4, 0.5) is 5.69 Å². The third kappa shape index (κ3) is 3.54. The lowest BCUT2D eigenvalue weighted by molar-refractivity contribution is 0.0949. The van der Waals surface area contributed by atoms with Crippen LogP contribution in [-0.2, 0) is 0 Å². The van der Waals surface area contributed by atoms with Gasteiger partial charge < -0.3 is 19.8 Å². The number of ether oxygens (including phenoxy) is 1. The first-order valence-electron chi connectivity index (χ1n) is 9.43. The molecule has 6 nitrogen and oxygen atoms in total. The Labute approximate surface area is 169 Å². The smallest absolute Gasteiger partial charge is 0.184 e. The minimum atomic E-state index is -0.744. The van der Waals surface area contributed by atoms with E-state index in [1.165, 1.54) is 12.5 Å². The van der Waals surface area contributed by atoms with Gasteiger partial charge in [-0.1, -0.05) is 30.3 Å². The number of rotatable bonds is 5. The van der Waals surface area contributed by atoms with Crippen LogP contribution in [0.3, 0.4) is 0 Å². The Bertz CT molecular complexity index is 1030. The Morgan fingerprint density at radius 3 is 2.72 bits per heavy atom. The first-order valence-corrected chi connectivity index (χ1v) is 9.43. The molecule has 1 aliphatic rings. The van der Waals surface area contributed by atoms with Crippen molar-refractivity contribution in [3.8, 4) is 5.75 Å². The van der Waals surface area contributed by atoms with Gasteiger partial charge in [-0.2, -0.15) is 0 Å².